The molecule has 2 saturated heterocycles. The summed E-state index contributed by atoms with van der Waals surface area (Å²) in [5.74, 6) is 0.581. The van der Waals surface area contributed by atoms with Gasteiger partial charge in [-0.2, -0.15) is 0 Å². The van der Waals surface area contributed by atoms with Crippen molar-refractivity contribution >= 4 is 18.3 Å². The molecule has 2 fully saturated rings. The van der Waals surface area contributed by atoms with E-state index in [0.717, 1.165) is 44.5 Å². The van der Waals surface area contributed by atoms with E-state index in [1.54, 1.807) is 0 Å². The molecule has 2 unspecified atom stereocenters. The summed E-state index contributed by atoms with van der Waals surface area (Å²) in [4.78, 5) is 14.8. The number of rotatable bonds is 3. The van der Waals surface area contributed by atoms with Gasteiger partial charge in [0, 0.05) is 12.5 Å². The van der Waals surface area contributed by atoms with Crippen LogP contribution in [0.25, 0.3) is 0 Å². The van der Waals surface area contributed by atoms with Gasteiger partial charge in [0.1, 0.15) is 5.82 Å². The molecule has 0 spiro atoms. The van der Waals surface area contributed by atoms with E-state index >= 15 is 0 Å². The molecule has 1 N–H and O–H groups in total. The van der Waals surface area contributed by atoms with Gasteiger partial charge in [-0.3, -0.25) is 4.79 Å². The molecule has 2 aliphatic rings. The number of nitrogens with zero attached hydrogens (tertiary/aromatic N) is 1. The molecule has 0 bridgehead atoms. The maximum absolute atomic E-state index is 13.1. The standard InChI is InChI=1S/C17H23FN2O.ClH/c1-12(14-10-19-11-14)17(21)20-9-3-2-4-16(20)13-5-7-15(18)8-6-13;/h5-8,12,14,16,19H,2-4,9-11H2,1H3;1H. The molecule has 2 heterocycles. The molecule has 2 aliphatic heterocycles. The minimum atomic E-state index is -0.221. The summed E-state index contributed by atoms with van der Waals surface area (Å²) in [6, 6.07) is 6.74. The summed E-state index contributed by atoms with van der Waals surface area (Å²) in [5, 5.41) is 3.24. The number of benzene rings is 1. The predicted octanol–water partition coefficient (Wildman–Crippen LogP) is 3.16. The second-order valence-corrected chi connectivity index (χ2v) is 6.30. The predicted molar refractivity (Wildman–Crippen MR) is 87.5 cm³/mol. The quantitative estimate of drug-likeness (QED) is 0.925. The number of likely N-dealkylation sites (tertiary alicyclic amines) is 1. The van der Waals surface area contributed by atoms with Crippen molar-refractivity contribution in [1.82, 2.24) is 10.2 Å². The largest absolute Gasteiger partial charge is 0.335 e. The van der Waals surface area contributed by atoms with Crippen molar-refractivity contribution in [2.24, 2.45) is 11.8 Å². The maximum atomic E-state index is 13.1. The van der Waals surface area contributed by atoms with Crippen LogP contribution in [0, 0.1) is 17.7 Å². The summed E-state index contributed by atoms with van der Waals surface area (Å²) in [6.45, 7) is 4.76. The highest BCUT2D eigenvalue weighted by atomic mass is 35.5. The molecule has 0 radical (unpaired) electrons. The molecule has 0 aliphatic carbocycles. The number of piperidine rings is 1. The molecule has 5 heteroatoms. The van der Waals surface area contributed by atoms with Crippen LogP contribution in [0.1, 0.15) is 37.8 Å². The van der Waals surface area contributed by atoms with Crippen molar-refractivity contribution in [3.8, 4) is 0 Å². The van der Waals surface area contributed by atoms with Crippen LogP contribution in [-0.4, -0.2) is 30.4 Å². The van der Waals surface area contributed by atoms with E-state index in [1.807, 2.05) is 24.0 Å². The molecular formula is C17H24ClFN2O. The fourth-order valence-electron chi connectivity index (χ4n) is 3.35. The molecule has 3 nitrogen and oxygen atoms in total. The molecule has 2 atom stereocenters. The Kier molecular flexibility index (Phi) is 5.81. The van der Waals surface area contributed by atoms with Crippen LogP contribution in [0.3, 0.4) is 0 Å². The third kappa shape index (κ3) is 3.44. The van der Waals surface area contributed by atoms with Crippen molar-refractivity contribution in [3.63, 3.8) is 0 Å². The van der Waals surface area contributed by atoms with Gasteiger partial charge < -0.3 is 10.2 Å². The number of carbonyl (C=O) groups is 1. The van der Waals surface area contributed by atoms with Crippen molar-refractivity contribution in [3.05, 3.63) is 35.6 Å². The molecular weight excluding hydrogens is 303 g/mol. The van der Waals surface area contributed by atoms with Crippen LogP contribution < -0.4 is 5.32 Å². The highest BCUT2D eigenvalue weighted by molar-refractivity contribution is 5.85. The van der Waals surface area contributed by atoms with Gasteiger partial charge in [-0.1, -0.05) is 19.1 Å². The Hall–Kier alpha value is -1.13. The fourth-order valence-corrected chi connectivity index (χ4v) is 3.35. The lowest BCUT2D eigenvalue weighted by atomic mass is 9.86. The summed E-state index contributed by atoms with van der Waals surface area (Å²) in [6.07, 6.45) is 3.18. The molecule has 0 aromatic heterocycles. The third-order valence-corrected chi connectivity index (χ3v) is 4.95. The summed E-state index contributed by atoms with van der Waals surface area (Å²) < 4.78 is 13.1. The van der Waals surface area contributed by atoms with Crippen LogP contribution in [0.15, 0.2) is 24.3 Å². The summed E-state index contributed by atoms with van der Waals surface area (Å²) >= 11 is 0. The molecule has 0 saturated carbocycles. The Morgan fingerprint density at radius 1 is 1.27 bits per heavy atom. The van der Waals surface area contributed by atoms with Crippen LogP contribution >= 0.6 is 12.4 Å². The first-order valence-electron chi connectivity index (χ1n) is 7.93. The molecule has 122 valence electrons. The second kappa shape index (κ2) is 7.42. The maximum Gasteiger partial charge on any atom is 0.226 e. The average Bonchev–Trinajstić information content (AvgIpc) is 2.45. The molecule has 1 aromatic carbocycles. The summed E-state index contributed by atoms with van der Waals surface area (Å²) in [5.41, 5.74) is 1.06. The Morgan fingerprint density at radius 2 is 1.95 bits per heavy atom. The van der Waals surface area contributed by atoms with Gasteiger partial charge in [-0.05, 0) is 56.0 Å². The highest BCUT2D eigenvalue weighted by Crippen LogP contribution is 2.33. The Labute approximate surface area is 137 Å². The molecule has 3 rings (SSSR count). The van der Waals surface area contributed by atoms with E-state index in [-0.39, 0.29) is 36.1 Å². The highest BCUT2D eigenvalue weighted by Gasteiger charge is 2.35. The molecule has 22 heavy (non-hydrogen) atoms. The number of nitrogens with one attached hydrogen (secondary N) is 1. The van der Waals surface area contributed by atoms with E-state index in [1.165, 1.54) is 12.1 Å². The minimum absolute atomic E-state index is 0. The van der Waals surface area contributed by atoms with Crippen LogP contribution in [0.4, 0.5) is 4.39 Å². The first-order chi connectivity index (χ1) is 10.2. The van der Waals surface area contributed by atoms with Gasteiger partial charge in [-0.15, -0.1) is 12.4 Å². The zero-order valence-electron chi connectivity index (χ0n) is 12.9. The Balaban J connectivity index is 0.00000176. The first-order valence-corrected chi connectivity index (χ1v) is 7.93. The molecule has 1 aromatic rings. The summed E-state index contributed by atoms with van der Waals surface area (Å²) in [7, 11) is 0. The third-order valence-electron chi connectivity index (χ3n) is 4.95. The second-order valence-electron chi connectivity index (χ2n) is 6.30. The van der Waals surface area contributed by atoms with Gasteiger partial charge in [0.2, 0.25) is 5.91 Å². The van der Waals surface area contributed by atoms with Crippen molar-refractivity contribution in [2.45, 2.75) is 32.2 Å². The van der Waals surface area contributed by atoms with Crippen LogP contribution in [-0.2, 0) is 4.79 Å². The minimum Gasteiger partial charge on any atom is -0.335 e. The number of halogens is 2. The smallest absolute Gasteiger partial charge is 0.226 e. The Morgan fingerprint density at radius 3 is 2.55 bits per heavy atom. The van der Waals surface area contributed by atoms with Gasteiger partial charge >= 0.3 is 0 Å². The topological polar surface area (TPSA) is 32.3 Å². The lowest BCUT2D eigenvalue weighted by molar-refractivity contribution is -0.141. The number of carbonyl (C=O) groups excluding carboxylic acids is 1. The van der Waals surface area contributed by atoms with Crippen molar-refractivity contribution in [2.75, 3.05) is 19.6 Å². The normalized spacial score (nSPS) is 23.4. The number of hydrogen-bond acceptors (Lipinski definition) is 2. The van der Waals surface area contributed by atoms with E-state index < -0.39 is 0 Å². The monoisotopic (exact) mass is 326 g/mol. The zero-order chi connectivity index (χ0) is 14.8. The van der Waals surface area contributed by atoms with Gasteiger partial charge in [0.05, 0.1) is 6.04 Å². The molecule has 1 amide bonds. The van der Waals surface area contributed by atoms with Gasteiger partial charge in [0.25, 0.3) is 0 Å². The van der Waals surface area contributed by atoms with Crippen molar-refractivity contribution < 1.29 is 9.18 Å². The van der Waals surface area contributed by atoms with Crippen LogP contribution in [0.2, 0.25) is 0 Å². The van der Waals surface area contributed by atoms with Gasteiger partial charge in [0.15, 0.2) is 0 Å². The number of hydrogen-bond donors (Lipinski definition) is 1. The SMILES string of the molecule is CC(C(=O)N1CCCCC1c1ccc(F)cc1)C1CNC1.Cl. The first kappa shape index (κ1) is 17.2. The number of amides is 1. The fraction of sp³-hybridized carbons (Fsp3) is 0.588. The van der Waals surface area contributed by atoms with Crippen molar-refractivity contribution in [1.29, 1.82) is 0 Å². The van der Waals surface area contributed by atoms with Crippen LogP contribution in [0.5, 0.6) is 0 Å². The Bertz CT molecular complexity index is 504. The van der Waals surface area contributed by atoms with E-state index in [4.69, 9.17) is 0 Å². The van der Waals surface area contributed by atoms with Gasteiger partial charge in [-0.25, -0.2) is 4.39 Å². The lowest BCUT2D eigenvalue weighted by Crippen LogP contribution is -2.51. The zero-order valence-corrected chi connectivity index (χ0v) is 13.7. The lowest BCUT2D eigenvalue weighted by Gasteiger charge is -2.41. The average molecular weight is 327 g/mol. The van der Waals surface area contributed by atoms with E-state index in [9.17, 15) is 9.18 Å². The van der Waals surface area contributed by atoms with E-state index in [2.05, 4.69) is 5.32 Å². The van der Waals surface area contributed by atoms with E-state index in [0.29, 0.717) is 5.92 Å².